The molecular weight excluding hydrogens is 321 g/mol. The standard InChI is InChI=1S/C17H15Cl2NO2/c1-11-3-2-4-12(7-11)10-21-17-9-16-13(8-14(17)19)15(5-6-18)20-22-16/h2-4,7-9H,5-6,10H2,1H3. The molecule has 0 saturated carbocycles. The average molecular weight is 336 g/mol. The van der Waals surface area contributed by atoms with Gasteiger partial charge in [-0.1, -0.05) is 46.6 Å². The van der Waals surface area contributed by atoms with E-state index in [9.17, 15) is 0 Å². The lowest BCUT2D eigenvalue weighted by molar-refractivity contribution is 0.306. The molecule has 0 aliphatic heterocycles. The quantitative estimate of drug-likeness (QED) is 0.605. The highest BCUT2D eigenvalue weighted by molar-refractivity contribution is 6.32. The van der Waals surface area contributed by atoms with Crippen molar-refractivity contribution in [1.29, 1.82) is 0 Å². The monoisotopic (exact) mass is 335 g/mol. The highest BCUT2D eigenvalue weighted by Gasteiger charge is 2.12. The van der Waals surface area contributed by atoms with E-state index in [1.165, 1.54) is 5.56 Å². The highest BCUT2D eigenvalue weighted by Crippen LogP contribution is 2.32. The van der Waals surface area contributed by atoms with Gasteiger partial charge in [0.15, 0.2) is 5.58 Å². The van der Waals surface area contributed by atoms with E-state index in [2.05, 4.69) is 24.2 Å². The molecule has 0 spiro atoms. The van der Waals surface area contributed by atoms with Gasteiger partial charge in [-0.05, 0) is 18.6 Å². The third kappa shape index (κ3) is 3.21. The van der Waals surface area contributed by atoms with E-state index >= 15 is 0 Å². The van der Waals surface area contributed by atoms with Crippen LogP contribution in [-0.2, 0) is 13.0 Å². The Morgan fingerprint density at radius 3 is 2.86 bits per heavy atom. The van der Waals surface area contributed by atoms with Gasteiger partial charge in [-0.15, -0.1) is 11.6 Å². The molecule has 114 valence electrons. The molecule has 0 amide bonds. The van der Waals surface area contributed by atoms with Gasteiger partial charge in [0.2, 0.25) is 0 Å². The summed E-state index contributed by atoms with van der Waals surface area (Å²) in [6.45, 7) is 2.50. The second-order valence-electron chi connectivity index (χ2n) is 5.12. The molecule has 0 fully saturated rings. The number of alkyl halides is 1. The molecule has 0 aliphatic carbocycles. The zero-order valence-corrected chi connectivity index (χ0v) is 13.6. The molecule has 22 heavy (non-hydrogen) atoms. The van der Waals surface area contributed by atoms with Gasteiger partial charge in [0.05, 0.1) is 10.7 Å². The summed E-state index contributed by atoms with van der Waals surface area (Å²) in [6.07, 6.45) is 0.647. The van der Waals surface area contributed by atoms with Gasteiger partial charge in [0.25, 0.3) is 0 Å². The number of rotatable bonds is 5. The molecule has 5 heteroatoms. The largest absolute Gasteiger partial charge is 0.487 e. The Labute approximate surface area is 138 Å². The first-order valence-corrected chi connectivity index (χ1v) is 7.91. The van der Waals surface area contributed by atoms with Crippen molar-refractivity contribution in [1.82, 2.24) is 5.16 Å². The van der Waals surface area contributed by atoms with Crippen molar-refractivity contribution in [3.05, 3.63) is 58.2 Å². The van der Waals surface area contributed by atoms with Crippen molar-refractivity contribution >= 4 is 34.2 Å². The lowest BCUT2D eigenvalue weighted by Crippen LogP contribution is -1.96. The van der Waals surface area contributed by atoms with Gasteiger partial charge in [0.1, 0.15) is 12.4 Å². The Hall–Kier alpha value is -1.71. The minimum atomic E-state index is 0.454. The molecule has 3 rings (SSSR count). The van der Waals surface area contributed by atoms with Crippen molar-refractivity contribution in [2.45, 2.75) is 20.0 Å². The molecule has 2 aromatic carbocycles. The van der Waals surface area contributed by atoms with Crippen LogP contribution in [0.25, 0.3) is 11.0 Å². The van der Waals surface area contributed by atoms with Crippen LogP contribution in [0, 0.1) is 6.92 Å². The number of benzene rings is 2. The van der Waals surface area contributed by atoms with Crippen LogP contribution in [0.2, 0.25) is 5.02 Å². The summed E-state index contributed by atoms with van der Waals surface area (Å²) >= 11 is 12.1. The molecule has 0 atom stereocenters. The molecule has 3 aromatic rings. The van der Waals surface area contributed by atoms with E-state index < -0.39 is 0 Å². The average Bonchev–Trinajstić information content (AvgIpc) is 2.88. The fourth-order valence-electron chi connectivity index (χ4n) is 2.33. The molecule has 3 nitrogen and oxygen atoms in total. The Bertz CT molecular complexity index is 798. The van der Waals surface area contributed by atoms with Crippen molar-refractivity contribution < 1.29 is 9.26 Å². The molecular formula is C17H15Cl2NO2. The first-order chi connectivity index (χ1) is 10.7. The predicted octanol–water partition coefficient (Wildman–Crippen LogP) is 5.15. The van der Waals surface area contributed by atoms with Gasteiger partial charge in [0, 0.05) is 23.8 Å². The van der Waals surface area contributed by atoms with Crippen LogP contribution >= 0.6 is 23.2 Å². The van der Waals surface area contributed by atoms with Crippen LogP contribution in [0.4, 0.5) is 0 Å². The Morgan fingerprint density at radius 2 is 2.09 bits per heavy atom. The van der Waals surface area contributed by atoms with Gasteiger partial charge in [-0.2, -0.15) is 0 Å². The van der Waals surface area contributed by atoms with E-state index in [0.717, 1.165) is 16.6 Å². The summed E-state index contributed by atoms with van der Waals surface area (Å²) in [5.74, 6) is 1.08. The minimum Gasteiger partial charge on any atom is -0.487 e. The number of halogens is 2. The maximum atomic E-state index is 6.30. The number of ether oxygens (including phenoxy) is 1. The Morgan fingerprint density at radius 1 is 1.23 bits per heavy atom. The number of hydrogen-bond donors (Lipinski definition) is 0. The highest BCUT2D eigenvalue weighted by atomic mass is 35.5. The van der Waals surface area contributed by atoms with Crippen molar-refractivity contribution in [3.8, 4) is 5.75 Å². The lowest BCUT2D eigenvalue weighted by Gasteiger charge is -2.08. The fraction of sp³-hybridized carbons (Fsp3) is 0.235. The van der Waals surface area contributed by atoms with Crippen LogP contribution < -0.4 is 4.74 Å². The SMILES string of the molecule is Cc1cccc(COc2cc3onc(CCCl)c3cc2Cl)c1. The van der Waals surface area contributed by atoms with E-state index in [4.69, 9.17) is 32.5 Å². The van der Waals surface area contributed by atoms with Crippen molar-refractivity contribution in [2.75, 3.05) is 5.88 Å². The third-order valence-corrected chi connectivity index (χ3v) is 3.89. The van der Waals surface area contributed by atoms with Gasteiger partial charge in [-0.25, -0.2) is 0 Å². The van der Waals surface area contributed by atoms with Crippen LogP contribution in [-0.4, -0.2) is 11.0 Å². The normalized spacial score (nSPS) is 11.0. The first-order valence-electron chi connectivity index (χ1n) is 6.99. The zero-order valence-electron chi connectivity index (χ0n) is 12.1. The number of nitrogens with zero attached hydrogens (tertiary/aromatic N) is 1. The Kier molecular flexibility index (Phi) is 4.55. The smallest absolute Gasteiger partial charge is 0.170 e. The summed E-state index contributed by atoms with van der Waals surface area (Å²) in [5.41, 5.74) is 3.76. The summed E-state index contributed by atoms with van der Waals surface area (Å²) in [5, 5.41) is 5.45. The molecule has 0 N–H and O–H groups in total. The topological polar surface area (TPSA) is 35.3 Å². The molecule has 1 heterocycles. The van der Waals surface area contributed by atoms with Crippen LogP contribution in [0.5, 0.6) is 5.75 Å². The first kappa shape index (κ1) is 15.2. The molecule has 1 aromatic heterocycles. The molecule has 0 aliphatic rings. The summed E-state index contributed by atoms with van der Waals surface area (Å²) < 4.78 is 11.1. The number of hydrogen-bond acceptors (Lipinski definition) is 3. The van der Waals surface area contributed by atoms with Crippen LogP contribution in [0.1, 0.15) is 16.8 Å². The van der Waals surface area contributed by atoms with Gasteiger partial charge < -0.3 is 9.26 Å². The van der Waals surface area contributed by atoms with Crippen LogP contribution in [0.15, 0.2) is 40.9 Å². The van der Waals surface area contributed by atoms with E-state index in [0.29, 0.717) is 35.3 Å². The number of aromatic nitrogens is 1. The van der Waals surface area contributed by atoms with Crippen LogP contribution in [0.3, 0.4) is 0 Å². The Balaban J connectivity index is 1.83. The van der Waals surface area contributed by atoms with Gasteiger partial charge in [-0.3, -0.25) is 0 Å². The summed E-state index contributed by atoms with van der Waals surface area (Å²) in [6, 6.07) is 11.8. The number of fused-ring (bicyclic) bond motifs is 1. The molecule has 0 saturated heterocycles. The zero-order chi connectivity index (χ0) is 15.5. The van der Waals surface area contributed by atoms with Crippen molar-refractivity contribution in [3.63, 3.8) is 0 Å². The maximum Gasteiger partial charge on any atom is 0.170 e. The molecule has 0 bridgehead atoms. The van der Waals surface area contributed by atoms with E-state index in [1.807, 2.05) is 18.2 Å². The molecule has 0 unspecified atom stereocenters. The van der Waals surface area contributed by atoms with Crippen molar-refractivity contribution in [2.24, 2.45) is 0 Å². The van der Waals surface area contributed by atoms with Gasteiger partial charge >= 0.3 is 0 Å². The van der Waals surface area contributed by atoms with E-state index in [-0.39, 0.29) is 0 Å². The predicted molar refractivity (Wildman–Crippen MR) is 89.0 cm³/mol. The molecule has 0 radical (unpaired) electrons. The lowest BCUT2D eigenvalue weighted by atomic mass is 10.1. The summed E-state index contributed by atoms with van der Waals surface area (Å²) in [7, 11) is 0. The minimum absolute atomic E-state index is 0.454. The fourth-order valence-corrected chi connectivity index (χ4v) is 2.73. The van der Waals surface area contributed by atoms with E-state index in [1.54, 1.807) is 6.07 Å². The second kappa shape index (κ2) is 6.59. The summed E-state index contributed by atoms with van der Waals surface area (Å²) in [4.78, 5) is 0. The third-order valence-electron chi connectivity index (χ3n) is 3.41. The second-order valence-corrected chi connectivity index (χ2v) is 5.91. The maximum absolute atomic E-state index is 6.30. The number of aryl methyl sites for hydroxylation is 2.